The van der Waals surface area contributed by atoms with Gasteiger partial charge in [-0.3, -0.25) is 14.4 Å². The van der Waals surface area contributed by atoms with E-state index in [0.29, 0.717) is 16.3 Å². The third kappa shape index (κ3) is 4.27. The largest absolute Gasteiger partial charge is 0.346 e. The van der Waals surface area contributed by atoms with Crippen LogP contribution in [0.2, 0.25) is 5.02 Å². The number of nitrogens with one attached hydrogen (secondary N) is 2. The highest BCUT2D eigenvalue weighted by atomic mass is 35.5. The quantitative estimate of drug-likeness (QED) is 0.791. The fraction of sp³-hybridized carbons (Fsp3) is 0.318. The van der Waals surface area contributed by atoms with Gasteiger partial charge in [-0.2, -0.15) is 0 Å². The SMILES string of the molecule is CN1C(=O)C[C@@H](NC(=O)c2ccc(NC(=O)C3CC3)cc2)[C@H]1c1ccc(Cl)cc1. The van der Waals surface area contributed by atoms with Crippen molar-refractivity contribution in [3.63, 3.8) is 0 Å². The van der Waals surface area contributed by atoms with Gasteiger partial charge in [-0.25, -0.2) is 0 Å². The summed E-state index contributed by atoms with van der Waals surface area (Å²) in [4.78, 5) is 38.5. The molecule has 6 nitrogen and oxygen atoms in total. The number of anilines is 1. The number of carbonyl (C=O) groups excluding carboxylic acids is 3. The summed E-state index contributed by atoms with van der Waals surface area (Å²) in [7, 11) is 1.74. The zero-order valence-corrected chi connectivity index (χ0v) is 16.8. The molecule has 1 saturated carbocycles. The van der Waals surface area contributed by atoms with Crippen LogP contribution in [0.25, 0.3) is 0 Å². The molecule has 0 bridgehead atoms. The van der Waals surface area contributed by atoms with Gasteiger partial charge in [-0.05, 0) is 54.8 Å². The molecule has 150 valence electrons. The first-order chi connectivity index (χ1) is 13.9. The molecule has 2 aromatic carbocycles. The molecule has 2 N–H and O–H groups in total. The van der Waals surface area contributed by atoms with Crippen LogP contribution in [-0.2, 0) is 9.59 Å². The normalized spacial score (nSPS) is 21.2. The topological polar surface area (TPSA) is 78.5 Å². The summed E-state index contributed by atoms with van der Waals surface area (Å²) < 4.78 is 0. The van der Waals surface area contributed by atoms with E-state index >= 15 is 0 Å². The molecule has 2 atom stereocenters. The maximum atomic E-state index is 12.7. The first-order valence-corrected chi connectivity index (χ1v) is 10.0. The summed E-state index contributed by atoms with van der Waals surface area (Å²) in [6.45, 7) is 0. The third-order valence-corrected chi connectivity index (χ3v) is 5.73. The lowest BCUT2D eigenvalue weighted by atomic mass is 10.00. The molecule has 0 aromatic heterocycles. The Bertz CT molecular complexity index is 939. The Balaban J connectivity index is 1.45. The number of likely N-dealkylation sites (tertiary alicyclic amines) is 1. The minimum atomic E-state index is -0.338. The van der Waals surface area contributed by atoms with E-state index in [1.54, 1.807) is 48.3 Å². The molecule has 0 spiro atoms. The molecule has 29 heavy (non-hydrogen) atoms. The fourth-order valence-corrected chi connectivity index (χ4v) is 3.79. The van der Waals surface area contributed by atoms with Crippen molar-refractivity contribution in [3.8, 4) is 0 Å². The maximum absolute atomic E-state index is 12.7. The van der Waals surface area contributed by atoms with Crippen LogP contribution in [-0.4, -0.2) is 35.7 Å². The van der Waals surface area contributed by atoms with Gasteiger partial charge in [0.05, 0.1) is 12.1 Å². The molecule has 1 heterocycles. The predicted octanol–water partition coefficient (Wildman–Crippen LogP) is 3.39. The Morgan fingerprint density at radius 2 is 1.69 bits per heavy atom. The number of nitrogens with zero attached hydrogens (tertiary/aromatic N) is 1. The molecule has 7 heteroatoms. The van der Waals surface area contributed by atoms with Gasteiger partial charge in [-0.1, -0.05) is 23.7 Å². The Morgan fingerprint density at radius 1 is 1.03 bits per heavy atom. The summed E-state index contributed by atoms with van der Waals surface area (Å²) in [5.74, 6) is -0.120. The van der Waals surface area contributed by atoms with Gasteiger partial charge in [0.1, 0.15) is 0 Å². The molecule has 3 amide bonds. The number of amides is 3. The van der Waals surface area contributed by atoms with Crippen molar-refractivity contribution in [1.82, 2.24) is 10.2 Å². The monoisotopic (exact) mass is 411 g/mol. The van der Waals surface area contributed by atoms with Crippen molar-refractivity contribution in [3.05, 3.63) is 64.7 Å². The van der Waals surface area contributed by atoms with Crippen LogP contribution in [0.1, 0.15) is 41.2 Å². The zero-order chi connectivity index (χ0) is 20.5. The van der Waals surface area contributed by atoms with E-state index in [4.69, 9.17) is 11.6 Å². The van der Waals surface area contributed by atoms with E-state index in [2.05, 4.69) is 10.6 Å². The number of halogens is 1. The van der Waals surface area contributed by atoms with Gasteiger partial charge in [0, 0.05) is 35.7 Å². The Morgan fingerprint density at radius 3 is 2.31 bits per heavy atom. The standard InChI is InChI=1S/C22H22ClN3O3/c1-26-19(27)12-18(20(26)13-4-8-16(23)9-5-13)25-22(29)15-6-10-17(11-7-15)24-21(28)14-2-3-14/h4-11,14,18,20H,2-3,12H2,1H3,(H,24,28)(H,25,29)/t18-,20-/m1/s1. The number of rotatable bonds is 5. The molecule has 2 fully saturated rings. The summed E-state index contributed by atoms with van der Waals surface area (Å²) >= 11 is 5.97. The Labute approximate surface area is 174 Å². The summed E-state index contributed by atoms with van der Waals surface area (Å²) in [5, 5.41) is 6.46. The van der Waals surface area contributed by atoms with Crippen molar-refractivity contribution < 1.29 is 14.4 Å². The highest BCUT2D eigenvalue weighted by Gasteiger charge is 2.39. The number of hydrogen-bond donors (Lipinski definition) is 2. The van der Waals surface area contributed by atoms with E-state index in [1.165, 1.54) is 0 Å². The average Bonchev–Trinajstić information content (AvgIpc) is 3.51. The van der Waals surface area contributed by atoms with Gasteiger partial charge in [0.15, 0.2) is 0 Å². The molecule has 1 aliphatic heterocycles. The first-order valence-electron chi connectivity index (χ1n) is 9.65. The number of hydrogen-bond acceptors (Lipinski definition) is 3. The molecule has 0 unspecified atom stereocenters. The van der Waals surface area contributed by atoms with Crippen LogP contribution in [0, 0.1) is 5.92 Å². The van der Waals surface area contributed by atoms with Crippen LogP contribution < -0.4 is 10.6 Å². The lowest BCUT2D eigenvalue weighted by molar-refractivity contribution is -0.127. The smallest absolute Gasteiger partial charge is 0.251 e. The van der Waals surface area contributed by atoms with Crippen LogP contribution in [0.15, 0.2) is 48.5 Å². The second kappa shape index (κ2) is 7.87. The maximum Gasteiger partial charge on any atom is 0.251 e. The van der Waals surface area contributed by atoms with Gasteiger partial charge >= 0.3 is 0 Å². The highest BCUT2D eigenvalue weighted by Crippen LogP contribution is 2.33. The van der Waals surface area contributed by atoms with Crippen molar-refractivity contribution in [1.29, 1.82) is 0 Å². The summed E-state index contributed by atoms with van der Waals surface area (Å²) in [6.07, 6.45) is 2.12. The second-order valence-corrected chi connectivity index (χ2v) is 8.06. The van der Waals surface area contributed by atoms with Crippen molar-refractivity contribution in [2.45, 2.75) is 31.3 Å². The van der Waals surface area contributed by atoms with Crippen LogP contribution in [0.3, 0.4) is 0 Å². The number of carbonyl (C=O) groups is 3. The van der Waals surface area contributed by atoms with Gasteiger partial charge in [-0.15, -0.1) is 0 Å². The molecule has 4 rings (SSSR count). The van der Waals surface area contributed by atoms with Crippen LogP contribution >= 0.6 is 11.6 Å². The number of benzene rings is 2. The summed E-state index contributed by atoms with van der Waals surface area (Å²) in [6, 6.07) is 13.5. The molecule has 0 radical (unpaired) electrons. The molecule has 2 aromatic rings. The van der Waals surface area contributed by atoms with Crippen LogP contribution in [0.5, 0.6) is 0 Å². The van der Waals surface area contributed by atoms with Gasteiger partial charge in [0.2, 0.25) is 11.8 Å². The van der Waals surface area contributed by atoms with Crippen molar-refractivity contribution in [2.24, 2.45) is 5.92 Å². The van der Waals surface area contributed by atoms with Gasteiger partial charge < -0.3 is 15.5 Å². The van der Waals surface area contributed by atoms with E-state index in [1.807, 2.05) is 12.1 Å². The Kier molecular flexibility index (Phi) is 5.28. The van der Waals surface area contributed by atoms with E-state index in [9.17, 15) is 14.4 Å². The van der Waals surface area contributed by atoms with E-state index in [-0.39, 0.29) is 42.1 Å². The minimum absolute atomic E-state index is 0.0200. The second-order valence-electron chi connectivity index (χ2n) is 7.63. The lowest BCUT2D eigenvalue weighted by Gasteiger charge is -2.26. The predicted molar refractivity (Wildman–Crippen MR) is 111 cm³/mol. The fourth-order valence-electron chi connectivity index (χ4n) is 3.66. The molecule has 1 aliphatic carbocycles. The third-order valence-electron chi connectivity index (χ3n) is 5.48. The van der Waals surface area contributed by atoms with E-state index < -0.39 is 0 Å². The molecule has 2 aliphatic rings. The van der Waals surface area contributed by atoms with Crippen LogP contribution in [0.4, 0.5) is 5.69 Å². The van der Waals surface area contributed by atoms with Crippen molar-refractivity contribution >= 4 is 35.0 Å². The van der Waals surface area contributed by atoms with Crippen molar-refractivity contribution in [2.75, 3.05) is 12.4 Å². The first kappa shape index (κ1) is 19.5. The average molecular weight is 412 g/mol. The molecular weight excluding hydrogens is 390 g/mol. The summed E-state index contributed by atoms with van der Waals surface area (Å²) in [5.41, 5.74) is 2.07. The Hall–Kier alpha value is -2.86. The van der Waals surface area contributed by atoms with Gasteiger partial charge in [0.25, 0.3) is 5.91 Å². The molecule has 1 saturated heterocycles. The molecular formula is C22H22ClN3O3. The number of likely N-dealkylation sites (N-methyl/N-ethyl adjacent to an activating group) is 1. The lowest BCUT2D eigenvalue weighted by Crippen LogP contribution is -2.39. The highest BCUT2D eigenvalue weighted by molar-refractivity contribution is 6.30. The zero-order valence-electron chi connectivity index (χ0n) is 16.0. The van der Waals surface area contributed by atoms with E-state index in [0.717, 1.165) is 18.4 Å². The minimum Gasteiger partial charge on any atom is -0.346 e.